The summed E-state index contributed by atoms with van der Waals surface area (Å²) < 4.78 is 5.32. The van der Waals surface area contributed by atoms with Gasteiger partial charge in [-0.05, 0) is 42.2 Å². The number of fused-ring (bicyclic) bond motifs is 1. The van der Waals surface area contributed by atoms with Crippen molar-refractivity contribution in [3.63, 3.8) is 0 Å². The second kappa shape index (κ2) is 8.11. The molecule has 1 amide bonds. The summed E-state index contributed by atoms with van der Waals surface area (Å²) in [4.78, 5) is 26.5. The molecule has 0 spiro atoms. The molecule has 0 saturated carbocycles. The minimum Gasteiger partial charge on any atom is -0.452 e. The molecule has 0 radical (unpaired) electrons. The van der Waals surface area contributed by atoms with Gasteiger partial charge in [0, 0.05) is 23.1 Å². The number of carbonyl (C=O) groups is 2. The summed E-state index contributed by atoms with van der Waals surface area (Å²) in [5, 5.41) is 0.905. The Morgan fingerprint density at radius 3 is 2.62 bits per heavy atom. The Hall–Kier alpha value is -2.04. The third kappa shape index (κ3) is 4.37. The van der Waals surface area contributed by atoms with Crippen molar-refractivity contribution in [3.8, 4) is 0 Å². The summed E-state index contributed by atoms with van der Waals surface area (Å²) in [6, 6.07) is 13.0. The normalized spacial score (nSPS) is 14.5. The van der Waals surface area contributed by atoms with E-state index in [-0.39, 0.29) is 12.3 Å². The summed E-state index contributed by atoms with van der Waals surface area (Å²) in [5.41, 5.74) is 3.02. The number of halogens is 2. The number of carbonyl (C=O) groups excluding carboxylic acids is 2. The van der Waals surface area contributed by atoms with E-state index in [1.54, 1.807) is 30.0 Å². The highest BCUT2D eigenvalue weighted by molar-refractivity contribution is 6.35. The molecule has 3 rings (SSSR count). The van der Waals surface area contributed by atoms with Crippen LogP contribution in [0, 0.1) is 0 Å². The van der Waals surface area contributed by atoms with Gasteiger partial charge in [0.15, 0.2) is 6.10 Å². The monoisotopic (exact) mass is 391 g/mol. The topological polar surface area (TPSA) is 46.6 Å². The van der Waals surface area contributed by atoms with E-state index < -0.39 is 12.1 Å². The number of hydrogen-bond acceptors (Lipinski definition) is 3. The van der Waals surface area contributed by atoms with Crippen LogP contribution < -0.4 is 0 Å². The Morgan fingerprint density at radius 2 is 1.88 bits per heavy atom. The number of ether oxygens (including phenoxy) is 1. The van der Waals surface area contributed by atoms with Crippen molar-refractivity contribution in [2.45, 2.75) is 32.4 Å². The van der Waals surface area contributed by atoms with E-state index in [1.807, 2.05) is 18.2 Å². The van der Waals surface area contributed by atoms with Crippen LogP contribution in [0.5, 0.6) is 0 Å². The minimum atomic E-state index is -0.834. The molecule has 1 atom stereocenters. The lowest BCUT2D eigenvalue weighted by molar-refractivity contribution is -0.159. The average molecular weight is 392 g/mol. The molecule has 0 aliphatic carbocycles. The van der Waals surface area contributed by atoms with Crippen LogP contribution in [-0.2, 0) is 33.7 Å². The molecule has 0 unspecified atom stereocenters. The zero-order valence-electron chi connectivity index (χ0n) is 14.4. The highest BCUT2D eigenvalue weighted by Gasteiger charge is 2.27. The quantitative estimate of drug-likeness (QED) is 0.738. The van der Waals surface area contributed by atoms with E-state index in [0.29, 0.717) is 28.7 Å². The second-order valence-electron chi connectivity index (χ2n) is 6.32. The van der Waals surface area contributed by atoms with Crippen LogP contribution in [0.3, 0.4) is 0 Å². The summed E-state index contributed by atoms with van der Waals surface area (Å²) in [7, 11) is 0. The van der Waals surface area contributed by atoms with Gasteiger partial charge in [-0.1, -0.05) is 53.5 Å². The maximum Gasteiger partial charge on any atom is 0.311 e. The van der Waals surface area contributed by atoms with E-state index in [4.69, 9.17) is 27.9 Å². The molecule has 4 nitrogen and oxygen atoms in total. The molecule has 136 valence electrons. The van der Waals surface area contributed by atoms with Gasteiger partial charge < -0.3 is 9.64 Å². The maximum atomic E-state index is 12.6. The molecule has 26 heavy (non-hydrogen) atoms. The molecular weight excluding hydrogens is 373 g/mol. The summed E-state index contributed by atoms with van der Waals surface area (Å²) >= 11 is 11.9. The van der Waals surface area contributed by atoms with E-state index in [9.17, 15) is 9.59 Å². The van der Waals surface area contributed by atoms with Crippen LogP contribution in [0.2, 0.25) is 10.0 Å². The first kappa shape index (κ1) is 18.7. The van der Waals surface area contributed by atoms with Gasteiger partial charge in [0.1, 0.15) is 0 Å². The zero-order chi connectivity index (χ0) is 18.7. The summed E-state index contributed by atoms with van der Waals surface area (Å²) in [6.07, 6.45) is -0.0294. The molecule has 0 saturated heterocycles. The van der Waals surface area contributed by atoms with Crippen molar-refractivity contribution >= 4 is 35.1 Å². The largest absolute Gasteiger partial charge is 0.452 e. The van der Waals surface area contributed by atoms with Gasteiger partial charge in [-0.15, -0.1) is 0 Å². The maximum absolute atomic E-state index is 12.6. The molecule has 2 aromatic carbocycles. The zero-order valence-corrected chi connectivity index (χ0v) is 15.9. The third-order valence-corrected chi connectivity index (χ3v) is 5.04. The van der Waals surface area contributed by atoms with Gasteiger partial charge in [0.05, 0.1) is 6.42 Å². The van der Waals surface area contributed by atoms with Crippen molar-refractivity contribution in [1.82, 2.24) is 4.90 Å². The van der Waals surface area contributed by atoms with Crippen LogP contribution in [0.4, 0.5) is 0 Å². The summed E-state index contributed by atoms with van der Waals surface area (Å²) in [5.74, 6) is -0.678. The van der Waals surface area contributed by atoms with Gasteiger partial charge >= 0.3 is 5.97 Å². The molecule has 6 heteroatoms. The highest BCUT2D eigenvalue weighted by atomic mass is 35.5. The first-order chi connectivity index (χ1) is 12.4. The van der Waals surface area contributed by atoms with E-state index in [0.717, 1.165) is 12.0 Å². The van der Waals surface area contributed by atoms with E-state index in [1.165, 1.54) is 5.56 Å². The fourth-order valence-corrected chi connectivity index (χ4v) is 3.53. The van der Waals surface area contributed by atoms with Gasteiger partial charge in [-0.3, -0.25) is 9.59 Å². The first-order valence-electron chi connectivity index (χ1n) is 8.43. The molecule has 1 aliphatic rings. The molecule has 0 aromatic heterocycles. The van der Waals surface area contributed by atoms with Crippen LogP contribution in [0.1, 0.15) is 23.6 Å². The molecule has 0 bridgehead atoms. The SMILES string of the molecule is C[C@H](OC(=O)Cc1ccc(Cl)cc1Cl)C(=O)N1CCc2ccccc2C1. The number of rotatable bonds is 4. The van der Waals surface area contributed by atoms with E-state index >= 15 is 0 Å². The second-order valence-corrected chi connectivity index (χ2v) is 7.17. The van der Waals surface area contributed by atoms with Crippen molar-refractivity contribution < 1.29 is 14.3 Å². The Kier molecular flexibility index (Phi) is 5.84. The molecular formula is C20H19Cl2NO3. The number of amides is 1. The summed E-state index contributed by atoms with van der Waals surface area (Å²) in [6.45, 7) is 2.77. The smallest absolute Gasteiger partial charge is 0.311 e. The van der Waals surface area contributed by atoms with Crippen LogP contribution in [0.25, 0.3) is 0 Å². The van der Waals surface area contributed by atoms with Gasteiger partial charge in [0.2, 0.25) is 0 Å². The number of benzene rings is 2. The molecule has 0 N–H and O–H groups in total. The minimum absolute atomic E-state index is 0.00352. The molecule has 1 aliphatic heterocycles. The Labute approximate surface area is 162 Å². The van der Waals surface area contributed by atoms with Gasteiger partial charge in [-0.2, -0.15) is 0 Å². The highest BCUT2D eigenvalue weighted by Crippen LogP contribution is 2.22. The first-order valence-corrected chi connectivity index (χ1v) is 9.18. The Bertz CT molecular complexity index is 838. The Morgan fingerprint density at radius 1 is 1.15 bits per heavy atom. The van der Waals surface area contributed by atoms with Crippen molar-refractivity contribution in [1.29, 1.82) is 0 Å². The lowest BCUT2D eigenvalue weighted by Crippen LogP contribution is -2.42. The number of esters is 1. The third-order valence-electron chi connectivity index (χ3n) is 4.45. The lowest BCUT2D eigenvalue weighted by Gasteiger charge is -2.30. The standard InChI is InChI=1S/C20H19Cl2NO3/c1-13(26-19(24)10-15-6-7-17(21)11-18(15)22)20(25)23-9-8-14-4-2-3-5-16(14)12-23/h2-7,11,13H,8-10,12H2,1H3/t13-/m0/s1. The van der Waals surface area contributed by atoms with Crippen molar-refractivity contribution in [2.24, 2.45) is 0 Å². The number of hydrogen-bond donors (Lipinski definition) is 0. The van der Waals surface area contributed by atoms with Crippen LogP contribution >= 0.6 is 23.2 Å². The predicted octanol–water partition coefficient (Wildman–Crippen LogP) is 4.05. The lowest BCUT2D eigenvalue weighted by atomic mass is 9.99. The molecule has 0 fully saturated rings. The van der Waals surface area contributed by atoms with Crippen LogP contribution in [0.15, 0.2) is 42.5 Å². The molecule has 2 aromatic rings. The fraction of sp³-hybridized carbons (Fsp3) is 0.300. The number of nitrogens with zero attached hydrogens (tertiary/aromatic N) is 1. The predicted molar refractivity (Wildman–Crippen MR) is 101 cm³/mol. The van der Waals surface area contributed by atoms with Crippen molar-refractivity contribution in [3.05, 3.63) is 69.2 Å². The average Bonchev–Trinajstić information content (AvgIpc) is 2.63. The van der Waals surface area contributed by atoms with Crippen LogP contribution in [-0.4, -0.2) is 29.4 Å². The molecule has 1 heterocycles. The van der Waals surface area contributed by atoms with Gasteiger partial charge in [-0.25, -0.2) is 0 Å². The van der Waals surface area contributed by atoms with E-state index in [2.05, 4.69) is 6.07 Å². The van der Waals surface area contributed by atoms with Gasteiger partial charge in [0.25, 0.3) is 5.91 Å². The Balaban J connectivity index is 1.58. The fourth-order valence-electron chi connectivity index (χ4n) is 3.05. The van der Waals surface area contributed by atoms with Crippen molar-refractivity contribution in [2.75, 3.05) is 6.54 Å².